The normalized spacial score (nSPS) is 9.60. The van der Waals surface area contributed by atoms with Crippen LogP contribution in [0.2, 0.25) is 0 Å². The fraction of sp³-hybridized carbons (Fsp3) is 0.125. The molecule has 1 amide bonds. The van der Waals surface area contributed by atoms with Crippen LogP contribution in [0.1, 0.15) is 5.56 Å². The number of carbonyl (C=O) groups excluding carboxylic acids is 1. The van der Waals surface area contributed by atoms with E-state index in [2.05, 4.69) is 5.32 Å². The number of hydrogen-bond donors (Lipinski definition) is 1. The summed E-state index contributed by atoms with van der Waals surface area (Å²) in [5.41, 5.74) is 2.14. The molecule has 0 spiro atoms. The summed E-state index contributed by atoms with van der Waals surface area (Å²) in [4.78, 5) is 13.8. The van der Waals surface area contributed by atoms with Crippen molar-refractivity contribution in [1.29, 1.82) is 5.26 Å². The van der Waals surface area contributed by atoms with Crippen molar-refractivity contribution >= 4 is 17.3 Å². The van der Waals surface area contributed by atoms with Crippen molar-refractivity contribution in [2.75, 3.05) is 23.8 Å². The molecule has 0 bridgehead atoms. The molecule has 0 aliphatic rings. The van der Waals surface area contributed by atoms with E-state index in [1.807, 2.05) is 48.3 Å². The van der Waals surface area contributed by atoms with Gasteiger partial charge in [-0.1, -0.05) is 24.3 Å². The van der Waals surface area contributed by atoms with E-state index in [1.165, 1.54) is 0 Å². The number of nitrogens with one attached hydrogen (secondary N) is 1. The van der Waals surface area contributed by atoms with E-state index in [1.54, 1.807) is 24.3 Å². The lowest BCUT2D eigenvalue weighted by Crippen LogP contribution is -2.29. The second kappa shape index (κ2) is 6.39. The van der Waals surface area contributed by atoms with Gasteiger partial charge in [0.1, 0.15) is 0 Å². The van der Waals surface area contributed by atoms with Crippen LogP contribution in [0.25, 0.3) is 0 Å². The van der Waals surface area contributed by atoms with Gasteiger partial charge in [0.15, 0.2) is 0 Å². The molecule has 20 heavy (non-hydrogen) atoms. The van der Waals surface area contributed by atoms with Crippen LogP contribution in [0.3, 0.4) is 0 Å². The minimum Gasteiger partial charge on any atom is -0.365 e. The fourth-order valence-corrected chi connectivity index (χ4v) is 1.86. The van der Waals surface area contributed by atoms with Gasteiger partial charge in [-0.15, -0.1) is 0 Å². The van der Waals surface area contributed by atoms with Crippen LogP contribution in [0, 0.1) is 11.3 Å². The van der Waals surface area contributed by atoms with Crippen LogP contribution in [0.15, 0.2) is 54.6 Å². The standard InChI is InChI=1S/C16H15N3O/c1-19(15-8-3-2-4-9-15)12-16(20)18-14-7-5-6-13(10-14)11-17/h2-10H,12H2,1H3,(H,18,20). The largest absolute Gasteiger partial charge is 0.365 e. The van der Waals surface area contributed by atoms with Gasteiger partial charge >= 0.3 is 0 Å². The highest BCUT2D eigenvalue weighted by Gasteiger charge is 2.07. The summed E-state index contributed by atoms with van der Waals surface area (Å²) >= 11 is 0. The maximum absolute atomic E-state index is 12.0. The number of likely N-dealkylation sites (N-methyl/N-ethyl adjacent to an activating group) is 1. The molecule has 0 aliphatic carbocycles. The third-order valence-electron chi connectivity index (χ3n) is 2.85. The first-order chi connectivity index (χ1) is 9.69. The fourth-order valence-electron chi connectivity index (χ4n) is 1.86. The first-order valence-electron chi connectivity index (χ1n) is 6.25. The molecule has 0 saturated heterocycles. The van der Waals surface area contributed by atoms with Gasteiger partial charge in [0, 0.05) is 18.4 Å². The second-order valence-corrected chi connectivity index (χ2v) is 4.43. The summed E-state index contributed by atoms with van der Waals surface area (Å²) in [7, 11) is 1.86. The molecule has 2 rings (SSSR count). The van der Waals surface area contributed by atoms with E-state index in [9.17, 15) is 4.79 Å². The van der Waals surface area contributed by atoms with Crippen molar-refractivity contribution in [2.24, 2.45) is 0 Å². The summed E-state index contributed by atoms with van der Waals surface area (Å²) in [6.07, 6.45) is 0. The lowest BCUT2D eigenvalue weighted by molar-refractivity contribution is -0.114. The zero-order valence-electron chi connectivity index (χ0n) is 11.2. The Morgan fingerprint density at radius 3 is 2.65 bits per heavy atom. The van der Waals surface area contributed by atoms with Crippen molar-refractivity contribution in [3.05, 3.63) is 60.2 Å². The van der Waals surface area contributed by atoms with Crippen molar-refractivity contribution in [3.8, 4) is 6.07 Å². The summed E-state index contributed by atoms with van der Waals surface area (Å²) in [6.45, 7) is 0.251. The molecule has 2 aromatic carbocycles. The van der Waals surface area contributed by atoms with E-state index in [0.29, 0.717) is 11.3 Å². The molecule has 0 atom stereocenters. The SMILES string of the molecule is CN(CC(=O)Nc1cccc(C#N)c1)c1ccccc1. The molecule has 0 heterocycles. The molecule has 0 aliphatic heterocycles. The lowest BCUT2D eigenvalue weighted by atomic mass is 10.2. The highest BCUT2D eigenvalue weighted by molar-refractivity contribution is 5.94. The number of nitriles is 1. The van der Waals surface area contributed by atoms with Crippen LogP contribution in [0.4, 0.5) is 11.4 Å². The highest BCUT2D eigenvalue weighted by atomic mass is 16.2. The van der Waals surface area contributed by atoms with Gasteiger partial charge in [-0.05, 0) is 30.3 Å². The van der Waals surface area contributed by atoms with Gasteiger partial charge < -0.3 is 10.2 Å². The minimum absolute atomic E-state index is 0.119. The van der Waals surface area contributed by atoms with Crippen LogP contribution in [-0.4, -0.2) is 19.5 Å². The predicted molar refractivity (Wildman–Crippen MR) is 79.5 cm³/mol. The topological polar surface area (TPSA) is 56.1 Å². The predicted octanol–water partition coefficient (Wildman–Crippen LogP) is 2.63. The molecule has 4 nitrogen and oxygen atoms in total. The quantitative estimate of drug-likeness (QED) is 0.924. The first kappa shape index (κ1) is 13.6. The molecule has 0 saturated carbocycles. The van der Waals surface area contributed by atoms with Crippen LogP contribution in [-0.2, 0) is 4.79 Å². The van der Waals surface area contributed by atoms with Gasteiger partial charge in [0.25, 0.3) is 0 Å². The summed E-state index contributed by atoms with van der Waals surface area (Å²) in [5.74, 6) is -0.119. The lowest BCUT2D eigenvalue weighted by Gasteiger charge is -2.18. The Morgan fingerprint density at radius 1 is 1.20 bits per heavy atom. The Bertz CT molecular complexity index is 632. The Kier molecular flexibility index (Phi) is 4.35. The van der Waals surface area contributed by atoms with Crippen LogP contribution >= 0.6 is 0 Å². The zero-order chi connectivity index (χ0) is 14.4. The summed E-state index contributed by atoms with van der Waals surface area (Å²) < 4.78 is 0. The number of nitrogens with zero attached hydrogens (tertiary/aromatic N) is 2. The molecular weight excluding hydrogens is 250 g/mol. The second-order valence-electron chi connectivity index (χ2n) is 4.43. The van der Waals surface area contributed by atoms with Gasteiger partial charge in [0.2, 0.25) is 5.91 Å². The van der Waals surface area contributed by atoms with E-state index >= 15 is 0 Å². The van der Waals surface area contributed by atoms with Crippen LogP contribution < -0.4 is 10.2 Å². The third-order valence-corrected chi connectivity index (χ3v) is 2.85. The van der Waals surface area contributed by atoms with Crippen molar-refractivity contribution in [2.45, 2.75) is 0 Å². The molecule has 100 valence electrons. The average Bonchev–Trinajstić information content (AvgIpc) is 2.48. The van der Waals surface area contributed by atoms with Crippen molar-refractivity contribution in [1.82, 2.24) is 0 Å². The molecule has 2 aromatic rings. The Balaban J connectivity index is 1.97. The molecule has 0 radical (unpaired) electrons. The van der Waals surface area contributed by atoms with Gasteiger partial charge in [-0.2, -0.15) is 5.26 Å². The Hall–Kier alpha value is -2.80. The number of hydrogen-bond acceptors (Lipinski definition) is 3. The Morgan fingerprint density at radius 2 is 1.95 bits per heavy atom. The number of benzene rings is 2. The average molecular weight is 265 g/mol. The van der Waals surface area contributed by atoms with E-state index in [-0.39, 0.29) is 12.5 Å². The molecule has 1 N–H and O–H groups in total. The molecule has 0 aromatic heterocycles. The molecule has 4 heteroatoms. The third kappa shape index (κ3) is 3.59. The van der Waals surface area contributed by atoms with Gasteiger partial charge in [0.05, 0.1) is 18.2 Å². The highest BCUT2D eigenvalue weighted by Crippen LogP contribution is 2.12. The summed E-state index contributed by atoms with van der Waals surface area (Å²) in [5, 5.41) is 11.6. The maximum Gasteiger partial charge on any atom is 0.243 e. The Labute approximate surface area is 118 Å². The number of amides is 1. The van der Waals surface area contributed by atoms with E-state index in [0.717, 1.165) is 5.69 Å². The van der Waals surface area contributed by atoms with Gasteiger partial charge in [-0.25, -0.2) is 0 Å². The summed E-state index contributed by atoms with van der Waals surface area (Å²) in [6, 6.07) is 18.6. The molecule has 0 unspecified atom stereocenters. The monoisotopic (exact) mass is 265 g/mol. The number of carbonyl (C=O) groups is 1. The molecule has 0 fully saturated rings. The van der Waals surface area contributed by atoms with Gasteiger partial charge in [-0.3, -0.25) is 4.79 Å². The van der Waals surface area contributed by atoms with Crippen molar-refractivity contribution in [3.63, 3.8) is 0 Å². The van der Waals surface area contributed by atoms with E-state index < -0.39 is 0 Å². The first-order valence-corrected chi connectivity index (χ1v) is 6.25. The number of anilines is 2. The maximum atomic E-state index is 12.0. The smallest absolute Gasteiger partial charge is 0.243 e. The zero-order valence-corrected chi connectivity index (χ0v) is 11.2. The van der Waals surface area contributed by atoms with Crippen molar-refractivity contribution < 1.29 is 4.79 Å². The van der Waals surface area contributed by atoms with E-state index in [4.69, 9.17) is 5.26 Å². The van der Waals surface area contributed by atoms with Crippen LogP contribution in [0.5, 0.6) is 0 Å². The molecular formula is C16H15N3O. The minimum atomic E-state index is -0.119. The number of rotatable bonds is 4. The number of para-hydroxylation sites is 1.